The number of nitrogens with zero attached hydrogens (tertiary/aromatic N) is 2. The largest absolute Gasteiger partial charge is 0.300 e. The molecule has 0 atom stereocenters. The topological polar surface area (TPSA) is 54.9 Å². The van der Waals surface area contributed by atoms with E-state index in [1.807, 2.05) is 18.2 Å². The average molecular weight is 339 g/mol. The van der Waals surface area contributed by atoms with Gasteiger partial charge in [-0.15, -0.1) is 10.2 Å². The molecule has 0 radical (unpaired) electrons. The lowest BCUT2D eigenvalue weighted by Crippen LogP contribution is -2.14. The lowest BCUT2D eigenvalue weighted by Gasteiger charge is -2.04. The van der Waals surface area contributed by atoms with Crippen LogP contribution in [0.5, 0.6) is 0 Å². The second kappa shape index (κ2) is 8.02. The summed E-state index contributed by atoms with van der Waals surface area (Å²) in [5.41, 5.74) is 0.999. The van der Waals surface area contributed by atoms with Crippen LogP contribution in [-0.2, 0) is 17.6 Å². The first-order valence-corrected chi connectivity index (χ1v) is 9.16. The van der Waals surface area contributed by atoms with Gasteiger partial charge in [0.25, 0.3) is 0 Å². The van der Waals surface area contributed by atoms with Crippen molar-refractivity contribution in [1.82, 2.24) is 10.2 Å². The Kier molecular flexibility index (Phi) is 5.54. The zero-order valence-electron chi connectivity index (χ0n) is 13.8. The summed E-state index contributed by atoms with van der Waals surface area (Å²) < 4.78 is 0. The van der Waals surface area contributed by atoms with E-state index in [1.165, 1.54) is 29.6 Å². The second-order valence-electron chi connectivity index (χ2n) is 5.86. The van der Waals surface area contributed by atoms with E-state index in [4.69, 9.17) is 0 Å². The number of unbranched alkanes of at least 4 members (excludes halogenated alkanes) is 2. The fourth-order valence-electron chi connectivity index (χ4n) is 2.63. The minimum Gasteiger partial charge on any atom is -0.300 e. The molecule has 24 heavy (non-hydrogen) atoms. The van der Waals surface area contributed by atoms with Crippen LogP contribution in [0, 0.1) is 0 Å². The second-order valence-corrected chi connectivity index (χ2v) is 6.93. The summed E-state index contributed by atoms with van der Waals surface area (Å²) in [6.45, 7) is 2.18. The first-order valence-electron chi connectivity index (χ1n) is 8.34. The minimum atomic E-state index is -0.0541. The number of fused-ring (bicyclic) bond motifs is 1. The summed E-state index contributed by atoms with van der Waals surface area (Å²) in [5.74, 6) is -0.0541. The third kappa shape index (κ3) is 4.38. The van der Waals surface area contributed by atoms with E-state index in [-0.39, 0.29) is 5.91 Å². The Bertz CT molecular complexity index is 828. The van der Waals surface area contributed by atoms with E-state index in [0.717, 1.165) is 28.8 Å². The molecular weight excluding hydrogens is 318 g/mol. The zero-order chi connectivity index (χ0) is 16.8. The van der Waals surface area contributed by atoms with Crippen LogP contribution in [0.25, 0.3) is 10.8 Å². The van der Waals surface area contributed by atoms with Gasteiger partial charge in [0.2, 0.25) is 11.0 Å². The van der Waals surface area contributed by atoms with Gasteiger partial charge in [0.15, 0.2) is 0 Å². The Balaban J connectivity index is 1.58. The Morgan fingerprint density at radius 3 is 2.75 bits per heavy atom. The van der Waals surface area contributed by atoms with Crippen LogP contribution in [0.15, 0.2) is 42.5 Å². The van der Waals surface area contributed by atoms with Crippen LogP contribution in [0.3, 0.4) is 0 Å². The van der Waals surface area contributed by atoms with Gasteiger partial charge in [-0.05, 0) is 22.8 Å². The van der Waals surface area contributed by atoms with Gasteiger partial charge in [-0.3, -0.25) is 4.79 Å². The Labute approximate surface area is 145 Å². The molecule has 0 bridgehead atoms. The minimum absolute atomic E-state index is 0.0541. The molecule has 1 aromatic heterocycles. The summed E-state index contributed by atoms with van der Waals surface area (Å²) in [5, 5.41) is 15.0. The van der Waals surface area contributed by atoms with Crippen LogP contribution in [-0.4, -0.2) is 16.1 Å². The van der Waals surface area contributed by atoms with Crippen LogP contribution in [0.2, 0.25) is 0 Å². The Morgan fingerprint density at radius 2 is 1.92 bits per heavy atom. The summed E-state index contributed by atoms with van der Waals surface area (Å²) >= 11 is 1.47. The van der Waals surface area contributed by atoms with Crippen molar-refractivity contribution >= 4 is 33.1 Å². The average Bonchev–Trinajstić information content (AvgIpc) is 3.02. The molecule has 1 heterocycles. The molecular formula is C19H21N3OS. The molecule has 124 valence electrons. The predicted octanol–water partition coefficient (Wildman–Crippen LogP) is 4.61. The lowest BCUT2D eigenvalue weighted by atomic mass is 10.1. The van der Waals surface area contributed by atoms with Crippen molar-refractivity contribution < 1.29 is 4.79 Å². The highest BCUT2D eigenvalue weighted by molar-refractivity contribution is 7.15. The molecule has 0 saturated heterocycles. The Hall–Kier alpha value is -2.27. The van der Waals surface area contributed by atoms with Crippen molar-refractivity contribution in [2.45, 2.75) is 39.0 Å². The molecule has 1 amide bonds. The Morgan fingerprint density at radius 1 is 1.08 bits per heavy atom. The highest BCUT2D eigenvalue weighted by Crippen LogP contribution is 2.19. The first-order chi connectivity index (χ1) is 11.7. The molecule has 0 saturated carbocycles. The van der Waals surface area contributed by atoms with Crippen molar-refractivity contribution in [3.8, 4) is 0 Å². The molecule has 0 fully saturated rings. The molecule has 0 spiro atoms. The van der Waals surface area contributed by atoms with E-state index < -0.39 is 0 Å². The SMILES string of the molecule is CCCCCc1nnc(NC(=O)Cc2ccc3ccccc3c2)s1. The molecule has 3 rings (SSSR count). The third-order valence-electron chi connectivity index (χ3n) is 3.89. The zero-order valence-corrected chi connectivity index (χ0v) is 14.6. The molecule has 3 aromatic rings. The number of anilines is 1. The molecule has 4 nitrogen and oxygen atoms in total. The molecule has 0 unspecified atom stereocenters. The van der Waals surface area contributed by atoms with Gasteiger partial charge in [-0.1, -0.05) is 73.6 Å². The fourth-order valence-corrected chi connectivity index (χ4v) is 3.43. The summed E-state index contributed by atoms with van der Waals surface area (Å²) in [6.07, 6.45) is 4.79. The number of benzene rings is 2. The molecule has 5 heteroatoms. The van der Waals surface area contributed by atoms with Gasteiger partial charge < -0.3 is 5.32 Å². The number of carbonyl (C=O) groups is 1. The predicted molar refractivity (Wildman–Crippen MR) is 99.4 cm³/mol. The maximum Gasteiger partial charge on any atom is 0.230 e. The van der Waals surface area contributed by atoms with Crippen molar-refractivity contribution in [2.24, 2.45) is 0 Å². The number of amides is 1. The number of hydrogen-bond acceptors (Lipinski definition) is 4. The number of aromatic nitrogens is 2. The number of aryl methyl sites for hydroxylation is 1. The van der Waals surface area contributed by atoms with Crippen molar-refractivity contribution in [3.05, 3.63) is 53.0 Å². The smallest absolute Gasteiger partial charge is 0.230 e. The van der Waals surface area contributed by atoms with Crippen LogP contribution >= 0.6 is 11.3 Å². The molecule has 0 aliphatic carbocycles. The van der Waals surface area contributed by atoms with Crippen LogP contribution in [0.1, 0.15) is 36.8 Å². The van der Waals surface area contributed by atoms with Crippen LogP contribution in [0.4, 0.5) is 5.13 Å². The maximum atomic E-state index is 12.2. The highest BCUT2D eigenvalue weighted by Gasteiger charge is 2.09. The fraction of sp³-hybridized carbons (Fsp3) is 0.316. The maximum absolute atomic E-state index is 12.2. The summed E-state index contributed by atoms with van der Waals surface area (Å²) in [7, 11) is 0. The standard InChI is InChI=1S/C19H21N3OS/c1-2-3-4-9-18-21-22-19(24-18)20-17(23)13-14-10-11-15-7-5-6-8-16(15)12-14/h5-8,10-12H,2-4,9,13H2,1H3,(H,20,22,23). The van der Waals surface area contributed by atoms with E-state index >= 15 is 0 Å². The van der Waals surface area contributed by atoms with Gasteiger partial charge in [-0.25, -0.2) is 0 Å². The van der Waals surface area contributed by atoms with E-state index in [2.05, 4.69) is 46.7 Å². The number of carbonyl (C=O) groups excluding carboxylic acids is 1. The third-order valence-corrected chi connectivity index (χ3v) is 4.78. The molecule has 2 aromatic carbocycles. The monoisotopic (exact) mass is 339 g/mol. The van der Waals surface area contributed by atoms with Gasteiger partial charge >= 0.3 is 0 Å². The quantitative estimate of drug-likeness (QED) is 0.640. The van der Waals surface area contributed by atoms with Crippen LogP contribution < -0.4 is 5.32 Å². The van der Waals surface area contributed by atoms with Gasteiger partial charge in [0, 0.05) is 6.42 Å². The van der Waals surface area contributed by atoms with Crippen molar-refractivity contribution in [1.29, 1.82) is 0 Å². The van der Waals surface area contributed by atoms with Gasteiger partial charge in [-0.2, -0.15) is 0 Å². The number of hydrogen-bond donors (Lipinski definition) is 1. The highest BCUT2D eigenvalue weighted by atomic mass is 32.1. The van der Waals surface area contributed by atoms with Crippen molar-refractivity contribution in [3.63, 3.8) is 0 Å². The van der Waals surface area contributed by atoms with E-state index in [9.17, 15) is 4.79 Å². The summed E-state index contributed by atoms with van der Waals surface area (Å²) in [4.78, 5) is 12.2. The molecule has 1 N–H and O–H groups in total. The summed E-state index contributed by atoms with van der Waals surface area (Å²) in [6, 6.07) is 14.3. The number of rotatable bonds is 7. The van der Waals surface area contributed by atoms with E-state index in [0.29, 0.717) is 11.6 Å². The van der Waals surface area contributed by atoms with Crippen molar-refractivity contribution in [2.75, 3.05) is 5.32 Å². The number of nitrogens with one attached hydrogen (secondary N) is 1. The molecule has 0 aliphatic heterocycles. The normalized spacial score (nSPS) is 10.9. The lowest BCUT2D eigenvalue weighted by molar-refractivity contribution is -0.115. The van der Waals surface area contributed by atoms with E-state index in [1.54, 1.807) is 0 Å². The van der Waals surface area contributed by atoms with Gasteiger partial charge in [0.05, 0.1) is 6.42 Å². The van der Waals surface area contributed by atoms with Gasteiger partial charge in [0.1, 0.15) is 5.01 Å². The molecule has 0 aliphatic rings. The first kappa shape index (κ1) is 16.6.